The molecule has 1 aromatic carbocycles. The minimum absolute atomic E-state index is 0.185. The van der Waals surface area contributed by atoms with Crippen molar-refractivity contribution in [3.05, 3.63) is 27.2 Å². The molecule has 0 aromatic heterocycles. The molecule has 0 amide bonds. The molecule has 1 N–H and O–H groups in total. The molecule has 2 atom stereocenters. The molecule has 5 heteroatoms. The van der Waals surface area contributed by atoms with Crippen LogP contribution in [0.1, 0.15) is 24.4 Å². The molecule has 0 bridgehead atoms. The van der Waals surface area contributed by atoms with Crippen LogP contribution in [0.15, 0.2) is 16.6 Å². The Labute approximate surface area is 127 Å². The van der Waals surface area contributed by atoms with E-state index in [2.05, 4.69) is 21.2 Å². The highest BCUT2D eigenvalue weighted by Crippen LogP contribution is 2.40. The first kappa shape index (κ1) is 15.1. The van der Waals surface area contributed by atoms with Crippen LogP contribution in [0.3, 0.4) is 0 Å². The molecule has 2 unspecified atom stereocenters. The van der Waals surface area contributed by atoms with Gasteiger partial charge in [0.05, 0.1) is 18.2 Å². The van der Waals surface area contributed by atoms with Gasteiger partial charge in [-0.05, 0) is 48.0 Å². The van der Waals surface area contributed by atoms with Gasteiger partial charge in [0.15, 0.2) is 0 Å². The zero-order valence-electron chi connectivity index (χ0n) is 11.2. The molecule has 1 aromatic rings. The summed E-state index contributed by atoms with van der Waals surface area (Å²) in [5.74, 6) is 1.28. The van der Waals surface area contributed by atoms with Gasteiger partial charge in [0.1, 0.15) is 5.75 Å². The molecular weight excluding hydrogens is 330 g/mol. The highest BCUT2D eigenvalue weighted by Gasteiger charge is 2.27. The monoisotopic (exact) mass is 347 g/mol. The van der Waals surface area contributed by atoms with Gasteiger partial charge in [0, 0.05) is 29.2 Å². The number of halogens is 2. The molecule has 1 aliphatic heterocycles. The van der Waals surface area contributed by atoms with Crippen LogP contribution in [-0.2, 0) is 4.74 Å². The van der Waals surface area contributed by atoms with Crippen molar-refractivity contribution in [2.45, 2.75) is 18.9 Å². The zero-order chi connectivity index (χ0) is 13.8. The Balaban J connectivity index is 2.36. The summed E-state index contributed by atoms with van der Waals surface area (Å²) in [4.78, 5) is 0. The largest absolute Gasteiger partial charge is 0.495 e. The van der Waals surface area contributed by atoms with Gasteiger partial charge in [0.2, 0.25) is 0 Å². The smallest absolute Gasteiger partial charge is 0.137 e. The number of hydrogen-bond donors (Lipinski definition) is 1. The van der Waals surface area contributed by atoms with E-state index in [9.17, 15) is 0 Å². The third-order valence-electron chi connectivity index (χ3n) is 3.55. The Morgan fingerprint density at radius 2 is 2.32 bits per heavy atom. The molecule has 1 heterocycles. The fourth-order valence-corrected chi connectivity index (χ4v) is 3.70. The highest BCUT2D eigenvalue weighted by molar-refractivity contribution is 9.10. The van der Waals surface area contributed by atoms with Crippen LogP contribution >= 0.6 is 27.5 Å². The predicted octanol–water partition coefficient (Wildman–Crippen LogP) is 3.80. The maximum Gasteiger partial charge on any atom is 0.137 e. The second kappa shape index (κ2) is 6.93. The van der Waals surface area contributed by atoms with E-state index in [1.54, 1.807) is 7.11 Å². The van der Waals surface area contributed by atoms with Crippen LogP contribution in [0.2, 0.25) is 5.02 Å². The van der Waals surface area contributed by atoms with E-state index in [0.717, 1.165) is 41.8 Å². The van der Waals surface area contributed by atoms with E-state index in [0.29, 0.717) is 10.9 Å². The van der Waals surface area contributed by atoms with Gasteiger partial charge in [-0.1, -0.05) is 11.6 Å². The second-order valence-corrected chi connectivity index (χ2v) is 6.04. The summed E-state index contributed by atoms with van der Waals surface area (Å²) in [5.41, 5.74) is 1.08. The summed E-state index contributed by atoms with van der Waals surface area (Å²) in [7, 11) is 3.65. The number of ether oxygens (including phenoxy) is 2. The predicted molar refractivity (Wildman–Crippen MR) is 81.0 cm³/mol. The van der Waals surface area contributed by atoms with E-state index in [-0.39, 0.29) is 6.04 Å². The molecule has 0 radical (unpaired) electrons. The first-order valence-corrected chi connectivity index (χ1v) is 7.62. The molecule has 3 nitrogen and oxygen atoms in total. The summed E-state index contributed by atoms with van der Waals surface area (Å²) in [5, 5.41) is 4.09. The molecule has 106 valence electrons. The average Bonchev–Trinajstić information content (AvgIpc) is 2.40. The van der Waals surface area contributed by atoms with Gasteiger partial charge < -0.3 is 14.8 Å². The number of rotatable bonds is 4. The van der Waals surface area contributed by atoms with E-state index >= 15 is 0 Å². The Kier molecular flexibility index (Phi) is 5.51. The van der Waals surface area contributed by atoms with Gasteiger partial charge in [-0.15, -0.1) is 0 Å². The topological polar surface area (TPSA) is 30.5 Å². The maximum atomic E-state index is 6.17. The number of nitrogens with one attached hydrogen (secondary N) is 1. The molecule has 0 spiro atoms. The molecule has 0 saturated carbocycles. The van der Waals surface area contributed by atoms with Gasteiger partial charge in [-0.25, -0.2) is 0 Å². The van der Waals surface area contributed by atoms with Crippen molar-refractivity contribution in [2.75, 3.05) is 27.4 Å². The lowest BCUT2D eigenvalue weighted by Crippen LogP contribution is -2.31. The van der Waals surface area contributed by atoms with Crippen LogP contribution in [0, 0.1) is 5.92 Å². The minimum Gasteiger partial charge on any atom is -0.495 e. The van der Waals surface area contributed by atoms with Gasteiger partial charge in [-0.2, -0.15) is 0 Å². The van der Waals surface area contributed by atoms with E-state index in [1.165, 1.54) is 0 Å². The molecule has 1 fully saturated rings. The molecular formula is C14H19BrClNO2. The van der Waals surface area contributed by atoms with Crippen molar-refractivity contribution in [3.63, 3.8) is 0 Å². The minimum atomic E-state index is 0.185. The lowest BCUT2D eigenvalue weighted by molar-refractivity contribution is 0.0398. The lowest BCUT2D eigenvalue weighted by Gasteiger charge is -2.31. The Hall–Kier alpha value is -0.290. The second-order valence-electron chi connectivity index (χ2n) is 4.75. The fourth-order valence-electron chi connectivity index (χ4n) is 2.70. The summed E-state index contributed by atoms with van der Waals surface area (Å²) in [6.07, 6.45) is 2.26. The van der Waals surface area contributed by atoms with E-state index in [4.69, 9.17) is 21.1 Å². The maximum absolute atomic E-state index is 6.17. The Morgan fingerprint density at radius 1 is 1.53 bits per heavy atom. The average molecular weight is 349 g/mol. The molecule has 19 heavy (non-hydrogen) atoms. The normalized spacial score (nSPS) is 21.2. The molecule has 0 aliphatic carbocycles. The molecule has 1 saturated heterocycles. The van der Waals surface area contributed by atoms with Crippen molar-refractivity contribution in [1.29, 1.82) is 0 Å². The summed E-state index contributed by atoms with van der Waals surface area (Å²) >= 11 is 9.69. The SMILES string of the molecule is CNC(c1cc(Cl)cc(Br)c1OC)C1CCCOC1. The number of hydrogen-bond acceptors (Lipinski definition) is 3. The van der Waals surface area contributed by atoms with Crippen LogP contribution < -0.4 is 10.1 Å². The summed E-state index contributed by atoms with van der Waals surface area (Å²) in [6, 6.07) is 4.01. The zero-order valence-corrected chi connectivity index (χ0v) is 13.6. The van der Waals surface area contributed by atoms with Crippen LogP contribution in [0.25, 0.3) is 0 Å². The van der Waals surface area contributed by atoms with Crippen LogP contribution in [0.5, 0.6) is 5.75 Å². The highest BCUT2D eigenvalue weighted by atomic mass is 79.9. The molecule has 2 rings (SSSR count). The first-order valence-electron chi connectivity index (χ1n) is 6.45. The summed E-state index contributed by atoms with van der Waals surface area (Å²) in [6.45, 7) is 1.64. The third-order valence-corrected chi connectivity index (χ3v) is 4.36. The van der Waals surface area contributed by atoms with Crippen LogP contribution in [-0.4, -0.2) is 27.4 Å². The van der Waals surface area contributed by atoms with Gasteiger partial charge in [-0.3, -0.25) is 0 Å². The summed E-state index contributed by atoms with van der Waals surface area (Å²) < 4.78 is 12.0. The number of benzene rings is 1. The van der Waals surface area contributed by atoms with Gasteiger partial charge in [0.25, 0.3) is 0 Å². The van der Waals surface area contributed by atoms with E-state index < -0.39 is 0 Å². The quantitative estimate of drug-likeness (QED) is 0.898. The molecule has 1 aliphatic rings. The van der Waals surface area contributed by atoms with Crippen molar-refractivity contribution in [3.8, 4) is 5.75 Å². The lowest BCUT2D eigenvalue weighted by atomic mass is 9.88. The van der Waals surface area contributed by atoms with Crippen molar-refractivity contribution in [2.24, 2.45) is 5.92 Å². The van der Waals surface area contributed by atoms with Crippen molar-refractivity contribution >= 4 is 27.5 Å². The van der Waals surface area contributed by atoms with E-state index in [1.807, 2.05) is 19.2 Å². The Bertz CT molecular complexity index is 436. The van der Waals surface area contributed by atoms with Crippen molar-refractivity contribution in [1.82, 2.24) is 5.32 Å². The first-order chi connectivity index (χ1) is 9.17. The van der Waals surface area contributed by atoms with Crippen LogP contribution in [0.4, 0.5) is 0 Å². The Morgan fingerprint density at radius 3 is 2.89 bits per heavy atom. The standard InChI is InChI=1S/C14H19BrClNO2/c1-17-13(9-4-3-5-19-8-9)11-6-10(16)7-12(15)14(11)18-2/h6-7,9,13,17H,3-5,8H2,1-2H3. The van der Waals surface area contributed by atoms with Gasteiger partial charge >= 0.3 is 0 Å². The fraction of sp³-hybridized carbons (Fsp3) is 0.571. The third kappa shape index (κ3) is 3.43. The number of methoxy groups -OCH3 is 1. The van der Waals surface area contributed by atoms with Crippen molar-refractivity contribution < 1.29 is 9.47 Å².